The van der Waals surface area contributed by atoms with Crippen LogP contribution in [0.25, 0.3) is 10.2 Å². The molecule has 0 radical (unpaired) electrons. The third kappa shape index (κ3) is 3.26. The van der Waals surface area contributed by atoms with Crippen molar-refractivity contribution >= 4 is 55.8 Å². The number of furan rings is 1. The fourth-order valence-corrected chi connectivity index (χ4v) is 5.06. The maximum absolute atomic E-state index is 13.2. The highest BCUT2D eigenvalue weighted by molar-refractivity contribution is 7.22. The van der Waals surface area contributed by atoms with E-state index >= 15 is 0 Å². The monoisotopic (exact) mass is 450 g/mol. The minimum atomic E-state index is -1.24. The van der Waals surface area contributed by atoms with Crippen LogP contribution in [0.3, 0.4) is 0 Å². The average Bonchev–Trinajstić information content (AvgIpc) is 3.47. The second-order valence-corrected chi connectivity index (χ2v) is 8.77. The Morgan fingerprint density at radius 3 is 2.61 bits per heavy atom. The molecule has 6 nitrogen and oxygen atoms in total. The van der Waals surface area contributed by atoms with Gasteiger partial charge in [0.1, 0.15) is 5.92 Å². The summed E-state index contributed by atoms with van der Waals surface area (Å²) < 4.78 is 6.13. The predicted molar refractivity (Wildman–Crippen MR) is 118 cm³/mol. The number of carbonyl (C=O) groups excluding carboxylic acids is 3. The Kier molecular flexibility index (Phi) is 4.72. The normalized spacial score (nSPS) is 18.8. The lowest BCUT2D eigenvalue weighted by Crippen LogP contribution is -2.30. The van der Waals surface area contributed by atoms with Crippen LogP contribution in [0.4, 0.5) is 5.13 Å². The minimum Gasteiger partial charge on any atom is -0.461 e. The summed E-state index contributed by atoms with van der Waals surface area (Å²) in [4.78, 5) is 45.2. The number of hydrogen-bond acceptors (Lipinski definition) is 6. The van der Waals surface area contributed by atoms with E-state index in [1.165, 1.54) is 28.6 Å². The molecule has 0 bridgehead atoms. The smallest absolute Gasteiger partial charge is 0.297 e. The Balaban J connectivity index is 1.67. The second-order valence-electron chi connectivity index (χ2n) is 7.32. The summed E-state index contributed by atoms with van der Waals surface area (Å²) in [5.41, 5.74) is 2.40. The lowest BCUT2D eigenvalue weighted by molar-refractivity contribution is -0.135. The number of halogens is 1. The molecule has 5 rings (SSSR count). The molecule has 1 aliphatic rings. The van der Waals surface area contributed by atoms with Crippen LogP contribution >= 0.6 is 22.9 Å². The molecule has 0 N–H and O–H groups in total. The van der Waals surface area contributed by atoms with E-state index in [-0.39, 0.29) is 5.76 Å². The van der Waals surface area contributed by atoms with Gasteiger partial charge >= 0.3 is 0 Å². The molecule has 2 unspecified atom stereocenters. The Hall–Kier alpha value is -3.29. The van der Waals surface area contributed by atoms with Crippen LogP contribution in [-0.4, -0.2) is 22.5 Å². The summed E-state index contributed by atoms with van der Waals surface area (Å²) >= 11 is 7.35. The molecule has 2 aromatic heterocycles. The van der Waals surface area contributed by atoms with Crippen molar-refractivity contribution in [1.29, 1.82) is 0 Å². The first kappa shape index (κ1) is 19.7. The summed E-state index contributed by atoms with van der Waals surface area (Å²) in [5.74, 6) is -3.29. The Morgan fingerprint density at radius 2 is 1.90 bits per heavy atom. The summed E-state index contributed by atoms with van der Waals surface area (Å²) in [6.45, 7) is 1.97. The SMILES string of the molecule is Cc1ccc2nc(N3C(=O)C(=O)C(C(=O)c4ccco4)C3c3ccc(Cl)cc3)sc2c1. The molecular weight excluding hydrogens is 436 g/mol. The van der Waals surface area contributed by atoms with Crippen LogP contribution in [0, 0.1) is 12.8 Å². The van der Waals surface area contributed by atoms with Gasteiger partial charge in [0.15, 0.2) is 10.9 Å². The molecule has 0 spiro atoms. The van der Waals surface area contributed by atoms with E-state index in [4.69, 9.17) is 16.0 Å². The predicted octanol–water partition coefficient (Wildman–Crippen LogP) is 5.01. The molecular formula is C23H15ClN2O4S. The number of benzene rings is 2. The summed E-state index contributed by atoms with van der Waals surface area (Å²) in [5, 5.41) is 0.879. The van der Waals surface area contributed by atoms with Gasteiger partial charge in [-0.2, -0.15) is 0 Å². The molecule has 1 fully saturated rings. The molecule has 3 heterocycles. The van der Waals surface area contributed by atoms with E-state index in [1.807, 2.05) is 25.1 Å². The van der Waals surface area contributed by atoms with Crippen molar-refractivity contribution in [3.63, 3.8) is 0 Å². The standard InChI is InChI=1S/C23H15ClN2O4S/c1-12-4-9-15-17(11-12)31-23(25-15)26-19(13-5-7-14(24)8-6-13)18(21(28)22(26)29)20(27)16-3-2-10-30-16/h2-11,18-19H,1H3. The highest BCUT2D eigenvalue weighted by atomic mass is 35.5. The van der Waals surface area contributed by atoms with Gasteiger partial charge in [-0.15, -0.1) is 0 Å². The number of aromatic nitrogens is 1. The van der Waals surface area contributed by atoms with Crippen LogP contribution in [0.2, 0.25) is 5.02 Å². The number of fused-ring (bicyclic) bond motifs is 1. The van der Waals surface area contributed by atoms with Gasteiger partial charge in [0.25, 0.3) is 5.91 Å². The van der Waals surface area contributed by atoms with Crippen molar-refractivity contribution in [3.8, 4) is 0 Å². The van der Waals surface area contributed by atoms with Gasteiger partial charge < -0.3 is 4.42 Å². The highest BCUT2D eigenvalue weighted by Gasteiger charge is 2.53. The van der Waals surface area contributed by atoms with E-state index in [2.05, 4.69) is 4.98 Å². The number of amides is 1. The number of ketones is 2. The molecule has 2 aromatic carbocycles. The van der Waals surface area contributed by atoms with Gasteiger partial charge in [-0.3, -0.25) is 19.3 Å². The van der Waals surface area contributed by atoms with Crippen LogP contribution in [-0.2, 0) is 9.59 Å². The first-order chi connectivity index (χ1) is 14.9. The fraction of sp³-hybridized carbons (Fsp3) is 0.130. The van der Waals surface area contributed by atoms with E-state index in [9.17, 15) is 14.4 Å². The zero-order valence-corrected chi connectivity index (χ0v) is 17.8. The van der Waals surface area contributed by atoms with Gasteiger partial charge in [-0.05, 0) is 54.4 Å². The van der Waals surface area contributed by atoms with Gasteiger partial charge in [0.05, 0.1) is 22.5 Å². The van der Waals surface area contributed by atoms with Crippen molar-refractivity contribution in [2.24, 2.45) is 5.92 Å². The van der Waals surface area contributed by atoms with Crippen LogP contribution in [0.1, 0.15) is 27.7 Å². The topological polar surface area (TPSA) is 80.5 Å². The third-order valence-corrected chi connectivity index (χ3v) is 6.57. The third-order valence-electron chi connectivity index (χ3n) is 5.30. The Labute approximate surface area is 186 Å². The van der Waals surface area contributed by atoms with Crippen LogP contribution in [0.5, 0.6) is 0 Å². The van der Waals surface area contributed by atoms with Crippen molar-refractivity contribution < 1.29 is 18.8 Å². The number of aryl methyl sites for hydroxylation is 1. The molecule has 0 aliphatic carbocycles. The van der Waals surface area contributed by atoms with Crippen molar-refractivity contribution in [2.45, 2.75) is 13.0 Å². The van der Waals surface area contributed by atoms with Crippen LogP contribution < -0.4 is 4.90 Å². The van der Waals surface area contributed by atoms with Crippen molar-refractivity contribution in [2.75, 3.05) is 4.90 Å². The minimum absolute atomic E-state index is 0.0342. The number of carbonyl (C=O) groups is 3. The van der Waals surface area contributed by atoms with Crippen molar-refractivity contribution in [1.82, 2.24) is 4.98 Å². The summed E-state index contributed by atoms with van der Waals surface area (Å²) in [7, 11) is 0. The fourth-order valence-electron chi connectivity index (χ4n) is 3.84. The molecule has 1 saturated heterocycles. The highest BCUT2D eigenvalue weighted by Crippen LogP contribution is 2.43. The Morgan fingerprint density at radius 1 is 1.13 bits per heavy atom. The lowest BCUT2D eigenvalue weighted by atomic mass is 9.88. The number of thiazole rings is 1. The van der Waals surface area contributed by atoms with Gasteiger partial charge in [0, 0.05) is 5.02 Å². The first-order valence-electron chi connectivity index (χ1n) is 9.52. The van der Waals surface area contributed by atoms with E-state index in [0.29, 0.717) is 15.7 Å². The van der Waals surface area contributed by atoms with Crippen molar-refractivity contribution in [3.05, 3.63) is 82.8 Å². The number of rotatable bonds is 4. The zero-order valence-electron chi connectivity index (χ0n) is 16.2. The number of Topliss-reactive ketones (excluding diaryl/α,β-unsaturated/α-hetero) is 2. The van der Waals surface area contributed by atoms with E-state index in [0.717, 1.165) is 15.8 Å². The maximum Gasteiger partial charge on any atom is 0.297 e. The summed E-state index contributed by atoms with van der Waals surface area (Å²) in [6.07, 6.45) is 1.36. The van der Waals surface area contributed by atoms with Crippen LogP contribution in [0.15, 0.2) is 65.3 Å². The molecule has 31 heavy (non-hydrogen) atoms. The van der Waals surface area contributed by atoms with E-state index < -0.39 is 29.4 Å². The maximum atomic E-state index is 13.2. The molecule has 2 atom stereocenters. The first-order valence-corrected chi connectivity index (χ1v) is 10.7. The second kappa shape index (κ2) is 7.44. The molecule has 8 heteroatoms. The molecule has 4 aromatic rings. The van der Waals surface area contributed by atoms with Gasteiger partial charge in [0.2, 0.25) is 11.6 Å². The molecule has 1 amide bonds. The average molecular weight is 451 g/mol. The quantitative estimate of drug-likeness (QED) is 0.248. The number of nitrogens with zero attached hydrogens (tertiary/aromatic N) is 2. The molecule has 154 valence electrons. The molecule has 1 aliphatic heterocycles. The zero-order chi connectivity index (χ0) is 21.7. The number of hydrogen-bond donors (Lipinski definition) is 0. The van der Waals surface area contributed by atoms with E-state index in [1.54, 1.807) is 30.3 Å². The lowest BCUT2D eigenvalue weighted by Gasteiger charge is -2.24. The molecule has 0 saturated carbocycles. The Bertz CT molecular complexity index is 1330. The summed E-state index contributed by atoms with van der Waals surface area (Å²) in [6, 6.07) is 14.7. The van der Waals surface area contributed by atoms with Gasteiger partial charge in [-0.1, -0.05) is 41.1 Å². The largest absolute Gasteiger partial charge is 0.461 e. The number of anilines is 1. The van der Waals surface area contributed by atoms with Gasteiger partial charge in [-0.25, -0.2) is 4.98 Å².